The summed E-state index contributed by atoms with van der Waals surface area (Å²) in [5.74, 6) is 1.70. The van der Waals surface area contributed by atoms with Crippen molar-refractivity contribution in [2.75, 3.05) is 13.1 Å². The molecule has 2 heterocycles. The first-order valence-corrected chi connectivity index (χ1v) is 9.55. The van der Waals surface area contributed by atoms with E-state index in [0.717, 1.165) is 50.1 Å². The molecule has 1 amide bonds. The number of likely N-dealkylation sites (tertiary alicyclic amines) is 1. The van der Waals surface area contributed by atoms with E-state index in [4.69, 9.17) is 4.52 Å². The Labute approximate surface area is 149 Å². The van der Waals surface area contributed by atoms with Gasteiger partial charge >= 0.3 is 0 Å². The van der Waals surface area contributed by atoms with Gasteiger partial charge in [-0.15, -0.1) is 0 Å². The van der Waals surface area contributed by atoms with Crippen LogP contribution in [0.15, 0.2) is 34.9 Å². The minimum absolute atomic E-state index is 0.0733. The van der Waals surface area contributed by atoms with E-state index in [-0.39, 0.29) is 11.8 Å². The standard InChI is InChI=1S/C21H26N2O2/c1-15(16-7-3-2-4-8-16)21(24)23-13-11-17(12-14-23)20-18-9-5-6-10-19(18)22-25-20/h2-4,7-8,15,17H,5-6,9-14H2,1H3/t15-/m1/s1. The van der Waals surface area contributed by atoms with Gasteiger partial charge in [-0.05, 0) is 51.0 Å². The second kappa shape index (κ2) is 7.03. The van der Waals surface area contributed by atoms with Crippen LogP contribution in [0.1, 0.15) is 67.0 Å². The van der Waals surface area contributed by atoms with Gasteiger partial charge < -0.3 is 9.42 Å². The molecule has 0 spiro atoms. The third-order valence-electron chi connectivity index (χ3n) is 5.84. The lowest BCUT2D eigenvalue weighted by Gasteiger charge is -2.33. The van der Waals surface area contributed by atoms with Crippen molar-refractivity contribution in [2.24, 2.45) is 0 Å². The number of aromatic nitrogens is 1. The number of hydrogen-bond acceptors (Lipinski definition) is 3. The Bertz CT molecular complexity index is 730. The van der Waals surface area contributed by atoms with Crippen LogP contribution in [0.25, 0.3) is 0 Å². The van der Waals surface area contributed by atoms with Crippen molar-refractivity contribution in [2.45, 2.75) is 57.3 Å². The predicted molar refractivity (Wildman–Crippen MR) is 96.6 cm³/mol. The number of carbonyl (C=O) groups excluding carboxylic acids is 1. The van der Waals surface area contributed by atoms with Crippen LogP contribution in [-0.4, -0.2) is 29.1 Å². The summed E-state index contributed by atoms with van der Waals surface area (Å²) in [5, 5.41) is 4.30. The van der Waals surface area contributed by atoms with Crippen LogP contribution in [0, 0.1) is 0 Å². The highest BCUT2D eigenvalue weighted by atomic mass is 16.5. The van der Waals surface area contributed by atoms with Gasteiger partial charge in [-0.2, -0.15) is 0 Å². The Morgan fingerprint density at radius 1 is 1.16 bits per heavy atom. The van der Waals surface area contributed by atoms with Gasteiger partial charge in [-0.3, -0.25) is 4.79 Å². The number of piperidine rings is 1. The molecule has 132 valence electrons. The molecular weight excluding hydrogens is 312 g/mol. The summed E-state index contributed by atoms with van der Waals surface area (Å²) in [5.41, 5.74) is 3.64. The second-order valence-electron chi connectivity index (χ2n) is 7.41. The Kier molecular flexibility index (Phi) is 4.60. The molecule has 0 N–H and O–H groups in total. The van der Waals surface area contributed by atoms with E-state index in [1.54, 1.807) is 0 Å². The molecule has 1 aliphatic carbocycles. The molecule has 1 aliphatic heterocycles. The van der Waals surface area contributed by atoms with Gasteiger partial charge in [0.1, 0.15) is 5.76 Å². The van der Waals surface area contributed by atoms with Gasteiger partial charge in [-0.25, -0.2) is 0 Å². The molecule has 4 nitrogen and oxygen atoms in total. The molecule has 1 saturated heterocycles. The molecule has 1 atom stereocenters. The highest BCUT2D eigenvalue weighted by Crippen LogP contribution is 2.35. The molecule has 1 fully saturated rings. The lowest BCUT2D eigenvalue weighted by molar-refractivity contribution is -0.133. The molecule has 0 radical (unpaired) electrons. The first kappa shape index (κ1) is 16.4. The Morgan fingerprint density at radius 3 is 2.64 bits per heavy atom. The topological polar surface area (TPSA) is 46.3 Å². The van der Waals surface area contributed by atoms with Crippen LogP contribution in [-0.2, 0) is 17.6 Å². The van der Waals surface area contributed by atoms with E-state index in [9.17, 15) is 4.79 Å². The number of aryl methyl sites for hydroxylation is 1. The maximum Gasteiger partial charge on any atom is 0.229 e. The molecule has 4 rings (SSSR count). The predicted octanol–water partition coefficient (Wildman–Crippen LogP) is 4.06. The third-order valence-corrected chi connectivity index (χ3v) is 5.84. The molecule has 0 saturated carbocycles. The lowest BCUT2D eigenvalue weighted by atomic mass is 9.87. The fraction of sp³-hybridized carbons (Fsp3) is 0.524. The van der Waals surface area contributed by atoms with E-state index in [1.807, 2.05) is 42.2 Å². The first-order chi connectivity index (χ1) is 12.2. The van der Waals surface area contributed by atoms with Gasteiger partial charge in [0.15, 0.2) is 0 Å². The van der Waals surface area contributed by atoms with Gasteiger partial charge in [0.2, 0.25) is 5.91 Å². The van der Waals surface area contributed by atoms with E-state index >= 15 is 0 Å². The van der Waals surface area contributed by atoms with E-state index in [2.05, 4.69) is 5.16 Å². The monoisotopic (exact) mass is 338 g/mol. The largest absolute Gasteiger partial charge is 0.361 e. The van der Waals surface area contributed by atoms with Gasteiger partial charge in [0.05, 0.1) is 11.6 Å². The quantitative estimate of drug-likeness (QED) is 0.848. The van der Waals surface area contributed by atoms with Crippen molar-refractivity contribution in [3.8, 4) is 0 Å². The highest BCUT2D eigenvalue weighted by Gasteiger charge is 2.31. The van der Waals surface area contributed by atoms with Gasteiger partial charge in [0, 0.05) is 24.6 Å². The fourth-order valence-corrected chi connectivity index (χ4v) is 4.26. The van der Waals surface area contributed by atoms with Crippen molar-refractivity contribution in [1.82, 2.24) is 10.1 Å². The van der Waals surface area contributed by atoms with Gasteiger partial charge in [0.25, 0.3) is 0 Å². The van der Waals surface area contributed by atoms with Crippen LogP contribution in [0.5, 0.6) is 0 Å². The van der Waals surface area contributed by atoms with Crippen molar-refractivity contribution in [3.05, 3.63) is 52.9 Å². The zero-order valence-corrected chi connectivity index (χ0v) is 14.9. The number of hydrogen-bond donors (Lipinski definition) is 0. The Morgan fingerprint density at radius 2 is 1.88 bits per heavy atom. The number of carbonyl (C=O) groups is 1. The summed E-state index contributed by atoms with van der Waals surface area (Å²) in [6.45, 7) is 3.64. The molecular formula is C21H26N2O2. The van der Waals surface area contributed by atoms with Crippen molar-refractivity contribution in [3.63, 3.8) is 0 Å². The zero-order valence-electron chi connectivity index (χ0n) is 14.9. The molecule has 0 bridgehead atoms. The van der Waals surface area contributed by atoms with E-state index < -0.39 is 0 Å². The summed E-state index contributed by atoms with van der Waals surface area (Å²) in [7, 11) is 0. The van der Waals surface area contributed by atoms with Crippen LogP contribution < -0.4 is 0 Å². The molecule has 0 unspecified atom stereocenters. The van der Waals surface area contributed by atoms with Crippen molar-refractivity contribution < 1.29 is 9.32 Å². The van der Waals surface area contributed by atoms with Gasteiger partial charge in [-0.1, -0.05) is 35.5 Å². The minimum atomic E-state index is -0.0733. The van der Waals surface area contributed by atoms with Crippen LogP contribution >= 0.6 is 0 Å². The summed E-state index contributed by atoms with van der Waals surface area (Å²) < 4.78 is 5.72. The van der Waals surface area contributed by atoms with Crippen molar-refractivity contribution >= 4 is 5.91 Å². The zero-order chi connectivity index (χ0) is 17.2. The Hall–Kier alpha value is -2.10. The third kappa shape index (κ3) is 3.22. The summed E-state index contributed by atoms with van der Waals surface area (Å²) in [6.07, 6.45) is 6.60. The SMILES string of the molecule is C[C@@H](C(=O)N1CCC(c2onc3c2CCCC3)CC1)c1ccccc1. The second-order valence-corrected chi connectivity index (χ2v) is 7.41. The Balaban J connectivity index is 1.40. The minimum Gasteiger partial charge on any atom is -0.361 e. The molecule has 2 aliphatic rings. The molecule has 1 aromatic heterocycles. The number of rotatable bonds is 3. The highest BCUT2D eigenvalue weighted by molar-refractivity contribution is 5.83. The number of nitrogens with zero attached hydrogens (tertiary/aromatic N) is 2. The number of benzene rings is 1. The van der Waals surface area contributed by atoms with Crippen LogP contribution in [0.3, 0.4) is 0 Å². The summed E-state index contributed by atoms with van der Waals surface area (Å²) >= 11 is 0. The molecule has 1 aromatic carbocycles. The maximum atomic E-state index is 12.8. The van der Waals surface area contributed by atoms with Crippen LogP contribution in [0.2, 0.25) is 0 Å². The molecule has 4 heteroatoms. The smallest absolute Gasteiger partial charge is 0.229 e. The fourth-order valence-electron chi connectivity index (χ4n) is 4.26. The van der Waals surface area contributed by atoms with Crippen LogP contribution in [0.4, 0.5) is 0 Å². The lowest BCUT2D eigenvalue weighted by Crippen LogP contribution is -2.40. The number of amides is 1. The molecule has 2 aromatic rings. The first-order valence-electron chi connectivity index (χ1n) is 9.55. The van der Waals surface area contributed by atoms with E-state index in [1.165, 1.54) is 24.1 Å². The molecule has 25 heavy (non-hydrogen) atoms. The maximum absolute atomic E-state index is 12.8. The average Bonchev–Trinajstić information content (AvgIpc) is 3.12. The number of fused-ring (bicyclic) bond motifs is 1. The van der Waals surface area contributed by atoms with Crippen molar-refractivity contribution in [1.29, 1.82) is 0 Å². The summed E-state index contributed by atoms with van der Waals surface area (Å²) in [6, 6.07) is 10.1. The normalized spacial score (nSPS) is 19.5. The average molecular weight is 338 g/mol. The van der Waals surface area contributed by atoms with E-state index in [0.29, 0.717) is 5.92 Å². The summed E-state index contributed by atoms with van der Waals surface area (Å²) in [4.78, 5) is 14.8.